The van der Waals surface area contributed by atoms with Crippen LogP contribution >= 0.6 is 0 Å². The summed E-state index contributed by atoms with van der Waals surface area (Å²) in [7, 11) is 0. The van der Waals surface area contributed by atoms with Gasteiger partial charge in [0.2, 0.25) is 0 Å². The number of rotatable bonds is 3. The van der Waals surface area contributed by atoms with E-state index >= 15 is 0 Å². The van der Waals surface area contributed by atoms with Crippen LogP contribution in [0.1, 0.15) is 27.2 Å². The Kier molecular flexibility index (Phi) is 3.85. The van der Waals surface area contributed by atoms with E-state index in [2.05, 4.69) is 24.9 Å². The summed E-state index contributed by atoms with van der Waals surface area (Å²) in [6.07, 6.45) is 3.11. The van der Waals surface area contributed by atoms with E-state index in [0.29, 0.717) is 0 Å². The van der Waals surface area contributed by atoms with Crippen molar-refractivity contribution in [2.24, 2.45) is 0 Å². The predicted octanol–water partition coefficient (Wildman–Crippen LogP) is 2.42. The quantitative estimate of drug-likeness (QED) is 0.610. The largest absolute Gasteiger partial charge is 0.363 e. The summed E-state index contributed by atoms with van der Waals surface area (Å²) in [6.45, 7) is 9.84. The summed E-state index contributed by atoms with van der Waals surface area (Å²) in [5.74, 6) is 0. The van der Waals surface area contributed by atoms with Gasteiger partial charge in [0.25, 0.3) is 0 Å². The summed E-state index contributed by atoms with van der Waals surface area (Å²) in [6, 6.07) is 0. The Morgan fingerprint density at radius 3 is 2.33 bits per heavy atom. The third kappa shape index (κ3) is 3.83. The number of hydrogen-bond acceptors (Lipinski definition) is 1. The SMILES string of the molecule is C=C(C)N/C(=C/C)CC. The molecule has 0 aliphatic heterocycles. The highest BCUT2D eigenvalue weighted by Gasteiger charge is 1.87. The van der Waals surface area contributed by atoms with Crippen LogP contribution in [0.5, 0.6) is 0 Å². The van der Waals surface area contributed by atoms with Gasteiger partial charge in [-0.25, -0.2) is 0 Å². The minimum absolute atomic E-state index is 1.00. The van der Waals surface area contributed by atoms with Crippen LogP contribution in [0.25, 0.3) is 0 Å². The molecule has 0 saturated heterocycles. The fourth-order valence-corrected chi connectivity index (χ4v) is 0.639. The van der Waals surface area contributed by atoms with Crippen LogP contribution in [0.15, 0.2) is 24.0 Å². The Morgan fingerprint density at radius 1 is 1.67 bits per heavy atom. The average molecular weight is 125 g/mol. The molecule has 0 atom stereocenters. The Bertz CT molecular complexity index is 123. The lowest BCUT2D eigenvalue weighted by molar-refractivity contribution is 0.891. The van der Waals surface area contributed by atoms with Gasteiger partial charge >= 0.3 is 0 Å². The number of nitrogens with one attached hydrogen (secondary N) is 1. The molecule has 0 aliphatic rings. The summed E-state index contributed by atoms with van der Waals surface area (Å²) in [5, 5.41) is 3.15. The first-order valence-corrected chi connectivity index (χ1v) is 3.28. The van der Waals surface area contributed by atoms with Crippen molar-refractivity contribution in [3.05, 3.63) is 24.0 Å². The van der Waals surface area contributed by atoms with Gasteiger partial charge in [-0.1, -0.05) is 19.6 Å². The highest BCUT2D eigenvalue weighted by atomic mass is 14.9. The average Bonchev–Trinajstić information content (AvgIpc) is 1.82. The summed E-state index contributed by atoms with van der Waals surface area (Å²) in [4.78, 5) is 0. The fraction of sp³-hybridized carbons (Fsp3) is 0.500. The summed E-state index contributed by atoms with van der Waals surface area (Å²) < 4.78 is 0. The van der Waals surface area contributed by atoms with Crippen molar-refractivity contribution in [1.82, 2.24) is 5.32 Å². The molecule has 0 amide bonds. The van der Waals surface area contributed by atoms with Crippen molar-refractivity contribution in [1.29, 1.82) is 0 Å². The van der Waals surface area contributed by atoms with Gasteiger partial charge in [0.1, 0.15) is 0 Å². The van der Waals surface area contributed by atoms with E-state index in [1.54, 1.807) is 0 Å². The molecule has 0 saturated carbocycles. The lowest BCUT2D eigenvalue weighted by Gasteiger charge is -2.05. The first-order valence-electron chi connectivity index (χ1n) is 3.28. The monoisotopic (exact) mass is 125 g/mol. The fourth-order valence-electron chi connectivity index (χ4n) is 0.639. The molecule has 0 bridgehead atoms. The third-order valence-corrected chi connectivity index (χ3v) is 1.10. The molecule has 9 heavy (non-hydrogen) atoms. The van der Waals surface area contributed by atoms with E-state index in [9.17, 15) is 0 Å². The maximum absolute atomic E-state index is 3.74. The first-order chi connectivity index (χ1) is 4.20. The Hall–Kier alpha value is -0.720. The topological polar surface area (TPSA) is 12.0 Å². The molecule has 1 nitrogen and oxygen atoms in total. The Labute approximate surface area is 57.5 Å². The van der Waals surface area contributed by atoms with Crippen LogP contribution in [0.3, 0.4) is 0 Å². The Morgan fingerprint density at radius 2 is 2.22 bits per heavy atom. The van der Waals surface area contributed by atoms with Gasteiger partial charge in [0.15, 0.2) is 0 Å². The second-order valence-corrected chi connectivity index (χ2v) is 2.07. The van der Waals surface area contributed by atoms with Gasteiger partial charge in [0, 0.05) is 11.4 Å². The normalized spacial score (nSPS) is 11.2. The highest BCUT2D eigenvalue weighted by Crippen LogP contribution is 1.96. The van der Waals surface area contributed by atoms with Crippen LogP contribution in [0.4, 0.5) is 0 Å². The maximum Gasteiger partial charge on any atom is 0.0102 e. The zero-order chi connectivity index (χ0) is 7.28. The molecule has 0 rings (SSSR count). The van der Waals surface area contributed by atoms with Crippen molar-refractivity contribution in [3.8, 4) is 0 Å². The molecule has 0 aromatic heterocycles. The van der Waals surface area contributed by atoms with Crippen LogP contribution in [0.2, 0.25) is 0 Å². The molecule has 1 N–H and O–H groups in total. The molecule has 1 heteroatoms. The molecule has 0 heterocycles. The third-order valence-electron chi connectivity index (χ3n) is 1.10. The standard InChI is InChI=1S/C8H15N/c1-5-8(6-2)9-7(3)4/h5,9H,3,6H2,1-2,4H3/b8-5+. The molecule has 0 spiro atoms. The molecular weight excluding hydrogens is 110 g/mol. The molecule has 52 valence electrons. The van der Waals surface area contributed by atoms with Gasteiger partial charge in [-0.3, -0.25) is 0 Å². The molecule has 0 unspecified atom stereocenters. The maximum atomic E-state index is 3.74. The molecular formula is C8H15N. The van der Waals surface area contributed by atoms with Crippen LogP contribution in [-0.2, 0) is 0 Å². The summed E-state index contributed by atoms with van der Waals surface area (Å²) >= 11 is 0. The first kappa shape index (κ1) is 8.28. The van der Waals surface area contributed by atoms with E-state index in [1.807, 2.05) is 13.8 Å². The van der Waals surface area contributed by atoms with Crippen LogP contribution < -0.4 is 5.32 Å². The molecule has 0 fully saturated rings. The van der Waals surface area contributed by atoms with Crippen molar-refractivity contribution in [3.63, 3.8) is 0 Å². The second kappa shape index (κ2) is 4.19. The van der Waals surface area contributed by atoms with Crippen molar-refractivity contribution in [2.75, 3.05) is 0 Å². The van der Waals surface area contributed by atoms with Gasteiger partial charge in [-0.15, -0.1) is 0 Å². The second-order valence-electron chi connectivity index (χ2n) is 2.07. The summed E-state index contributed by atoms with van der Waals surface area (Å²) in [5.41, 5.74) is 2.24. The van der Waals surface area contributed by atoms with Gasteiger partial charge in [0.05, 0.1) is 0 Å². The number of allylic oxidation sites excluding steroid dienone is 3. The molecule has 0 radical (unpaired) electrons. The highest BCUT2D eigenvalue weighted by molar-refractivity contribution is 5.04. The number of hydrogen-bond donors (Lipinski definition) is 1. The predicted molar refractivity (Wildman–Crippen MR) is 42.0 cm³/mol. The minimum Gasteiger partial charge on any atom is -0.363 e. The smallest absolute Gasteiger partial charge is 0.0102 e. The van der Waals surface area contributed by atoms with E-state index in [0.717, 1.165) is 12.1 Å². The lowest BCUT2D eigenvalue weighted by Crippen LogP contribution is -2.07. The van der Waals surface area contributed by atoms with E-state index in [4.69, 9.17) is 0 Å². The van der Waals surface area contributed by atoms with Crippen molar-refractivity contribution < 1.29 is 0 Å². The zero-order valence-electron chi connectivity index (χ0n) is 6.49. The van der Waals surface area contributed by atoms with Crippen LogP contribution in [-0.4, -0.2) is 0 Å². The Balaban J connectivity index is 3.71. The lowest BCUT2D eigenvalue weighted by atomic mass is 10.3. The minimum atomic E-state index is 1.00. The van der Waals surface area contributed by atoms with Crippen molar-refractivity contribution >= 4 is 0 Å². The van der Waals surface area contributed by atoms with Gasteiger partial charge in [-0.2, -0.15) is 0 Å². The molecule has 0 aromatic rings. The zero-order valence-corrected chi connectivity index (χ0v) is 6.49. The van der Waals surface area contributed by atoms with Crippen molar-refractivity contribution in [2.45, 2.75) is 27.2 Å². The molecule has 0 aliphatic carbocycles. The van der Waals surface area contributed by atoms with Gasteiger partial charge < -0.3 is 5.32 Å². The van der Waals surface area contributed by atoms with E-state index in [1.165, 1.54) is 5.70 Å². The van der Waals surface area contributed by atoms with E-state index in [-0.39, 0.29) is 0 Å². The molecule has 0 aromatic carbocycles. The van der Waals surface area contributed by atoms with Gasteiger partial charge in [-0.05, 0) is 20.3 Å². The van der Waals surface area contributed by atoms with Crippen LogP contribution in [0, 0.1) is 0 Å². The van der Waals surface area contributed by atoms with E-state index < -0.39 is 0 Å².